The Labute approximate surface area is 212 Å². The molecule has 0 spiro atoms. The van der Waals surface area contributed by atoms with E-state index in [1.54, 1.807) is 12.3 Å². The molecule has 1 aliphatic rings. The minimum absolute atomic E-state index is 0.00832. The van der Waals surface area contributed by atoms with Crippen molar-refractivity contribution in [3.8, 4) is 5.75 Å². The number of likely N-dealkylation sites (N-methyl/N-ethyl adjacent to an activating group) is 1. The van der Waals surface area contributed by atoms with Crippen molar-refractivity contribution in [3.05, 3.63) is 106 Å². The van der Waals surface area contributed by atoms with Gasteiger partial charge in [-0.3, -0.25) is 14.6 Å². The number of hydrogen-bond acceptors (Lipinski definition) is 5. The SMILES string of the molecule is CN1CCC(Oc2ccnc3ccc(CNC(=O)c4cccn(Cc5ccc(F)c(F)c5)c4=O)cc23)C1. The summed E-state index contributed by atoms with van der Waals surface area (Å²) in [6.45, 7) is 2.07. The van der Waals surface area contributed by atoms with Crippen molar-refractivity contribution in [1.29, 1.82) is 0 Å². The monoisotopic (exact) mass is 504 g/mol. The summed E-state index contributed by atoms with van der Waals surface area (Å²) in [5.41, 5.74) is 1.47. The van der Waals surface area contributed by atoms with E-state index in [-0.39, 0.29) is 24.8 Å². The second kappa shape index (κ2) is 10.5. The summed E-state index contributed by atoms with van der Waals surface area (Å²) in [5.74, 6) is -1.73. The molecule has 3 heterocycles. The van der Waals surface area contributed by atoms with E-state index in [4.69, 9.17) is 4.74 Å². The van der Waals surface area contributed by atoms with Crippen LogP contribution in [0, 0.1) is 11.6 Å². The van der Waals surface area contributed by atoms with Gasteiger partial charge in [0.25, 0.3) is 11.5 Å². The minimum Gasteiger partial charge on any atom is -0.488 e. The van der Waals surface area contributed by atoms with Gasteiger partial charge < -0.3 is 19.5 Å². The summed E-state index contributed by atoms with van der Waals surface area (Å²) in [7, 11) is 2.07. The molecular formula is C28H26F2N4O3. The van der Waals surface area contributed by atoms with Gasteiger partial charge in [-0.2, -0.15) is 0 Å². The Bertz CT molecular complexity index is 1520. The summed E-state index contributed by atoms with van der Waals surface area (Å²) >= 11 is 0. The molecule has 0 saturated carbocycles. The number of amides is 1. The Morgan fingerprint density at radius 1 is 1.11 bits per heavy atom. The average molecular weight is 505 g/mol. The van der Waals surface area contributed by atoms with Crippen LogP contribution in [-0.2, 0) is 13.1 Å². The highest BCUT2D eigenvalue weighted by Gasteiger charge is 2.22. The number of carbonyl (C=O) groups is 1. The number of halogens is 2. The number of benzene rings is 2. The summed E-state index contributed by atoms with van der Waals surface area (Å²) < 4.78 is 34.3. The standard InChI is InChI=1S/C28H26F2N4O3/c1-33-12-9-20(17-33)37-26-8-10-31-25-7-5-18(13-22(25)26)15-32-27(35)21-3-2-11-34(28(21)36)16-19-4-6-23(29)24(30)14-19/h2-8,10-11,13-14,20H,9,12,15-17H2,1H3,(H,32,35). The van der Waals surface area contributed by atoms with Crippen LogP contribution in [0.25, 0.3) is 10.9 Å². The Balaban J connectivity index is 1.30. The summed E-state index contributed by atoms with van der Waals surface area (Å²) in [6.07, 6.45) is 4.30. The van der Waals surface area contributed by atoms with Crippen LogP contribution in [-0.4, -0.2) is 46.6 Å². The second-order valence-corrected chi connectivity index (χ2v) is 9.24. The van der Waals surface area contributed by atoms with Crippen molar-refractivity contribution in [2.45, 2.75) is 25.6 Å². The molecule has 2 aromatic carbocycles. The van der Waals surface area contributed by atoms with E-state index < -0.39 is 23.1 Å². The number of hydrogen-bond donors (Lipinski definition) is 1. The van der Waals surface area contributed by atoms with E-state index >= 15 is 0 Å². The van der Waals surface area contributed by atoms with Gasteiger partial charge in [-0.15, -0.1) is 0 Å². The minimum atomic E-state index is -0.992. The number of rotatable bonds is 7. The number of likely N-dealkylation sites (tertiary alicyclic amines) is 1. The van der Waals surface area contributed by atoms with Gasteiger partial charge in [-0.1, -0.05) is 12.1 Å². The van der Waals surface area contributed by atoms with Crippen LogP contribution in [0.2, 0.25) is 0 Å². The fourth-order valence-corrected chi connectivity index (χ4v) is 4.50. The van der Waals surface area contributed by atoms with Crippen molar-refractivity contribution in [2.24, 2.45) is 0 Å². The lowest BCUT2D eigenvalue weighted by Gasteiger charge is -2.16. The van der Waals surface area contributed by atoms with Crippen molar-refractivity contribution in [2.75, 3.05) is 20.1 Å². The Hall–Kier alpha value is -4.11. The molecule has 1 aliphatic heterocycles. The third-order valence-corrected chi connectivity index (χ3v) is 6.46. The normalized spacial score (nSPS) is 15.7. The smallest absolute Gasteiger partial charge is 0.263 e. The van der Waals surface area contributed by atoms with E-state index in [9.17, 15) is 18.4 Å². The van der Waals surface area contributed by atoms with Crippen LogP contribution >= 0.6 is 0 Å². The van der Waals surface area contributed by atoms with E-state index in [1.165, 1.54) is 22.9 Å². The van der Waals surface area contributed by atoms with Crippen LogP contribution in [0.1, 0.15) is 27.9 Å². The van der Waals surface area contributed by atoms with Crippen molar-refractivity contribution >= 4 is 16.8 Å². The molecule has 7 nitrogen and oxygen atoms in total. The van der Waals surface area contributed by atoms with Crippen molar-refractivity contribution < 1.29 is 18.3 Å². The molecule has 1 amide bonds. The molecule has 0 radical (unpaired) electrons. The van der Waals surface area contributed by atoms with Crippen LogP contribution < -0.4 is 15.6 Å². The Morgan fingerprint density at radius 3 is 2.73 bits per heavy atom. The Kier molecular flexibility index (Phi) is 6.96. The maximum atomic E-state index is 13.6. The van der Waals surface area contributed by atoms with Gasteiger partial charge in [0.1, 0.15) is 17.4 Å². The topological polar surface area (TPSA) is 76.5 Å². The van der Waals surface area contributed by atoms with Gasteiger partial charge in [-0.25, -0.2) is 8.78 Å². The third kappa shape index (κ3) is 5.51. The van der Waals surface area contributed by atoms with Crippen LogP contribution in [0.4, 0.5) is 8.78 Å². The molecule has 5 rings (SSSR count). The lowest BCUT2D eigenvalue weighted by atomic mass is 10.1. The molecule has 1 fully saturated rings. The molecular weight excluding hydrogens is 478 g/mol. The number of aromatic nitrogens is 2. The van der Waals surface area contributed by atoms with E-state index in [0.717, 1.165) is 53.9 Å². The van der Waals surface area contributed by atoms with E-state index in [1.807, 2.05) is 24.3 Å². The molecule has 0 bridgehead atoms. The predicted octanol–water partition coefficient (Wildman–Crippen LogP) is 3.74. The number of nitrogens with zero attached hydrogens (tertiary/aromatic N) is 3. The lowest BCUT2D eigenvalue weighted by molar-refractivity contribution is 0.0949. The molecule has 1 saturated heterocycles. The van der Waals surface area contributed by atoms with Gasteiger partial charge in [0.15, 0.2) is 11.6 Å². The molecule has 1 N–H and O–H groups in total. The van der Waals surface area contributed by atoms with Crippen LogP contribution in [0.5, 0.6) is 5.75 Å². The predicted molar refractivity (Wildman–Crippen MR) is 136 cm³/mol. The fourth-order valence-electron chi connectivity index (χ4n) is 4.50. The third-order valence-electron chi connectivity index (χ3n) is 6.46. The number of fused-ring (bicyclic) bond motifs is 1. The first-order valence-electron chi connectivity index (χ1n) is 12.0. The molecule has 190 valence electrons. The lowest BCUT2D eigenvalue weighted by Crippen LogP contribution is -2.32. The van der Waals surface area contributed by atoms with E-state index in [0.29, 0.717) is 5.56 Å². The Morgan fingerprint density at radius 2 is 1.95 bits per heavy atom. The molecule has 9 heteroatoms. The van der Waals surface area contributed by atoms with Gasteiger partial charge in [0.2, 0.25) is 0 Å². The molecule has 4 aromatic rings. The zero-order valence-corrected chi connectivity index (χ0v) is 20.3. The quantitative estimate of drug-likeness (QED) is 0.415. The maximum Gasteiger partial charge on any atom is 0.263 e. The molecule has 0 aliphatic carbocycles. The zero-order chi connectivity index (χ0) is 25.9. The summed E-state index contributed by atoms with van der Waals surface area (Å²) in [6, 6.07) is 14.0. The molecule has 1 atom stereocenters. The number of carbonyl (C=O) groups excluding carboxylic acids is 1. The average Bonchev–Trinajstić information content (AvgIpc) is 3.30. The number of ether oxygens (including phenoxy) is 1. The summed E-state index contributed by atoms with van der Waals surface area (Å²) in [4.78, 5) is 32.4. The number of nitrogens with one attached hydrogen (secondary N) is 1. The van der Waals surface area contributed by atoms with E-state index in [2.05, 4.69) is 22.2 Å². The van der Waals surface area contributed by atoms with Gasteiger partial charge >= 0.3 is 0 Å². The highest BCUT2D eigenvalue weighted by Crippen LogP contribution is 2.27. The maximum absolute atomic E-state index is 13.6. The first-order chi connectivity index (χ1) is 17.9. The number of pyridine rings is 2. The molecule has 1 unspecified atom stereocenters. The van der Waals surface area contributed by atoms with Gasteiger partial charge in [0, 0.05) is 37.4 Å². The van der Waals surface area contributed by atoms with Crippen molar-refractivity contribution in [1.82, 2.24) is 19.8 Å². The summed E-state index contributed by atoms with van der Waals surface area (Å²) in [5, 5.41) is 3.66. The molecule has 37 heavy (non-hydrogen) atoms. The first kappa shape index (κ1) is 24.6. The van der Waals surface area contributed by atoms with Crippen LogP contribution in [0.15, 0.2) is 71.8 Å². The molecule has 2 aromatic heterocycles. The van der Waals surface area contributed by atoms with Crippen LogP contribution in [0.3, 0.4) is 0 Å². The van der Waals surface area contributed by atoms with Crippen molar-refractivity contribution in [3.63, 3.8) is 0 Å². The largest absolute Gasteiger partial charge is 0.488 e. The highest BCUT2D eigenvalue weighted by atomic mass is 19.2. The highest BCUT2D eigenvalue weighted by molar-refractivity contribution is 5.93. The zero-order valence-electron chi connectivity index (χ0n) is 20.3. The fraction of sp³-hybridized carbons (Fsp3) is 0.250. The van der Waals surface area contributed by atoms with Gasteiger partial charge in [-0.05, 0) is 67.1 Å². The second-order valence-electron chi connectivity index (χ2n) is 9.24. The van der Waals surface area contributed by atoms with Gasteiger partial charge in [0.05, 0.1) is 12.1 Å². The first-order valence-corrected chi connectivity index (χ1v) is 12.0.